The van der Waals surface area contributed by atoms with Crippen molar-refractivity contribution < 1.29 is 71.9 Å². The Morgan fingerprint density at radius 2 is 0.867 bits per heavy atom. The summed E-state index contributed by atoms with van der Waals surface area (Å²) < 4.78 is 31.4. The van der Waals surface area contributed by atoms with Crippen LogP contribution in [0.2, 0.25) is 10.0 Å². The van der Waals surface area contributed by atoms with Gasteiger partial charge in [0.05, 0.1) is 44.8 Å². The maximum Gasteiger partial charge on any atom is 1.00 e. The number of nitrogens with one attached hydrogen (secondary N) is 1. The average molecular weight is 1180 g/mol. The van der Waals surface area contributed by atoms with Crippen molar-refractivity contribution in [2.24, 2.45) is 0 Å². The number of hydrogen-bond acceptors (Lipinski definition) is 17. The number of rotatable bonds is 5. The Hall–Kier alpha value is -6.78. The molecule has 23 heteroatoms. The number of carbonyl (C=O) groups excluding carboxylic acids is 4. The summed E-state index contributed by atoms with van der Waals surface area (Å²) in [6, 6.07) is 30.2. The van der Waals surface area contributed by atoms with Crippen molar-refractivity contribution in [3.63, 3.8) is 0 Å². The summed E-state index contributed by atoms with van der Waals surface area (Å²) in [6.45, 7) is 14.4. The van der Waals surface area contributed by atoms with Gasteiger partial charge < -0.3 is 37.6 Å². The van der Waals surface area contributed by atoms with Gasteiger partial charge >= 0.3 is 41.5 Å². The van der Waals surface area contributed by atoms with E-state index in [9.17, 15) is 28.0 Å². The maximum atomic E-state index is 14.2. The van der Waals surface area contributed by atoms with E-state index in [1.54, 1.807) is 36.8 Å². The molecular formula is C60H63BCl2F2N10NaO7. The van der Waals surface area contributed by atoms with Crippen molar-refractivity contribution in [3.8, 4) is 0 Å². The standard InChI is InChI=1S/C27H27ClFN5.C14H13ClN2O.C13H14FN3.C4H6O4.C2H3BO2.Na/c28-21-15-19-3-1-7-30-26(19)24(17-21)33-9-5-23(6-10-33)32-11-13-34(14-12-32)25-18-22(29)16-20-4-2-8-31-27(20)25;15-11-8-10-2-1-5-16-14(10)13(9-11)17-6-3-12(18)4-7-17;14-11-8-10-2-1-3-16-13(10)12(9-11)17-6-4-15-5-7-17;1-3(5)7-8-4(2)6;1-2(4)5-3;/h1-4,7-8,15-18,23H,5-6,9-14H2;1-2,5,8-9H,3-4,6-7H2;1-3,8-9,15H,4-7H2;1-2H3;1H3;/q;;;;-1;+1. The molecule has 8 aromatic rings. The monoisotopic (exact) mass is 1180 g/mol. The number of pyridine rings is 4. The summed E-state index contributed by atoms with van der Waals surface area (Å²) in [5.41, 5.74) is 7.73. The van der Waals surface area contributed by atoms with Crippen LogP contribution in [0, 0.1) is 11.6 Å². The minimum atomic E-state index is -0.639. The van der Waals surface area contributed by atoms with Crippen molar-refractivity contribution in [2.45, 2.75) is 52.5 Å². The zero-order chi connectivity index (χ0) is 58.1. The van der Waals surface area contributed by atoms with Gasteiger partial charge in [0.2, 0.25) is 5.97 Å². The zero-order valence-corrected chi connectivity index (χ0v) is 50.4. The van der Waals surface area contributed by atoms with E-state index < -0.39 is 17.9 Å². The third kappa shape index (κ3) is 17.9. The molecule has 4 aromatic carbocycles. The van der Waals surface area contributed by atoms with Gasteiger partial charge in [-0.3, -0.25) is 34.4 Å². The van der Waals surface area contributed by atoms with Gasteiger partial charge in [0.15, 0.2) is 0 Å². The summed E-state index contributed by atoms with van der Waals surface area (Å²) >= 11 is 12.6. The fraction of sp³-hybridized carbons (Fsp3) is 0.333. The van der Waals surface area contributed by atoms with Crippen molar-refractivity contribution >= 4 is 121 Å². The van der Waals surface area contributed by atoms with E-state index in [0.29, 0.717) is 29.7 Å². The molecule has 17 nitrogen and oxygen atoms in total. The first-order chi connectivity index (χ1) is 39.6. The molecule has 0 bridgehead atoms. The summed E-state index contributed by atoms with van der Waals surface area (Å²) in [4.78, 5) is 77.8. The summed E-state index contributed by atoms with van der Waals surface area (Å²) in [5, 5.41) is 8.60. The molecule has 0 aliphatic carbocycles. The van der Waals surface area contributed by atoms with Crippen molar-refractivity contribution in [1.82, 2.24) is 30.2 Å². The average Bonchev–Trinajstić information content (AvgIpc) is 3.65. The summed E-state index contributed by atoms with van der Waals surface area (Å²) in [6.07, 6.45) is 10.6. The molecular weight excluding hydrogens is 1120 g/mol. The van der Waals surface area contributed by atoms with Crippen LogP contribution in [-0.2, 0) is 33.6 Å². The van der Waals surface area contributed by atoms with Gasteiger partial charge in [-0.2, -0.15) is 0 Å². The predicted molar refractivity (Wildman–Crippen MR) is 319 cm³/mol. The Labute approximate surface area is 514 Å². The normalized spacial score (nSPS) is 15.5. The van der Waals surface area contributed by atoms with Gasteiger partial charge in [0.1, 0.15) is 17.4 Å². The zero-order valence-electron chi connectivity index (χ0n) is 46.9. The third-order valence-corrected chi connectivity index (χ3v) is 14.6. The van der Waals surface area contributed by atoms with Crippen LogP contribution in [0.1, 0.15) is 46.5 Å². The molecule has 0 saturated carbocycles. The molecule has 4 fully saturated rings. The van der Waals surface area contributed by atoms with Crippen LogP contribution in [0.5, 0.6) is 0 Å². The first kappa shape index (κ1) is 63.8. The van der Waals surface area contributed by atoms with Crippen molar-refractivity contribution in [2.75, 3.05) is 98.1 Å². The molecule has 4 saturated heterocycles. The van der Waals surface area contributed by atoms with Crippen LogP contribution in [0.15, 0.2) is 122 Å². The summed E-state index contributed by atoms with van der Waals surface area (Å²) in [7, 11) is 4.32. The minimum Gasteiger partial charge on any atom is -0.793 e. The Morgan fingerprint density at radius 1 is 0.518 bits per heavy atom. The van der Waals surface area contributed by atoms with E-state index in [-0.39, 0.29) is 41.2 Å². The minimum absolute atomic E-state index is 0. The number of halogens is 4. The second kappa shape index (κ2) is 31.2. The van der Waals surface area contributed by atoms with Crippen LogP contribution in [-0.4, -0.2) is 141 Å². The SMILES string of the molecule is CC(=O)OOC(C)=O.Fc1cc(N2CCN(C3CCN(c4cc(Cl)cc5cccnc45)CC3)CC2)c2ncccc2c1.Fc1cc(N2CCNCC2)c2ncccc2c1.O=C1CCN(c2cc(Cl)cc3cccnc23)CC1.[B-]OC(C)=O.[Na+]. The van der Waals surface area contributed by atoms with Gasteiger partial charge in [0, 0.05) is 175 Å². The Bertz CT molecular complexity index is 3400. The van der Waals surface area contributed by atoms with Crippen molar-refractivity contribution in [3.05, 3.63) is 144 Å². The smallest absolute Gasteiger partial charge is 0.793 e. The molecule has 83 heavy (non-hydrogen) atoms. The summed E-state index contributed by atoms with van der Waals surface area (Å²) in [5.74, 6) is -1.80. The maximum absolute atomic E-state index is 14.2. The quantitative estimate of drug-likeness (QED) is 0.107. The molecule has 0 spiro atoms. The number of piperidine rings is 2. The number of Topliss-reactive ketones (excluding diaryl/α,β-unsaturated/α-hetero) is 1. The van der Waals surface area contributed by atoms with Crippen molar-refractivity contribution in [1.29, 1.82) is 0 Å². The number of hydrogen-bond donors (Lipinski definition) is 1. The molecule has 427 valence electrons. The molecule has 4 aliphatic rings. The molecule has 8 heterocycles. The van der Waals surface area contributed by atoms with Gasteiger partial charge in [-0.1, -0.05) is 47.5 Å². The van der Waals surface area contributed by atoms with E-state index in [0.717, 1.165) is 177 Å². The van der Waals surface area contributed by atoms with E-state index >= 15 is 0 Å². The molecule has 0 unspecified atom stereocenters. The number of nitrogens with zero attached hydrogens (tertiary/aromatic N) is 9. The second-order valence-electron chi connectivity index (χ2n) is 19.8. The number of fused-ring (bicyclic) bond motifs is 4. The molecule has 4 aliphatic heterocycles. The van der Waals surface area contributed by atoms with Crippen LogP contribution < -0.4 is 54.5 Å². The van der Waals surface area contributed by atoms with Gasteiger partial charge in [-0.25, -0.2) is 28.1 Å². The van der Waals surface area contributed by atoms with E-state index in [4.69, 9.17) is 23.2 Å². The molecule has 3 radical (unpaired) electrons. The number of ketones is 1. The Morgan fingerprint density at radius 3 is 1.25 bits per heavy atom. The van der Waals surface area contributed by atoms with Crippen LogP contribution in [0.3, 0.4) is 0 Å². The Balaban J connectivity index is 0.000000171. The number of benzene rings is 4. The largest absolute Gasteiger partial charge is 1.00 e. The van der Waals surface area contributed by atoms with Gasteiger partial charge in [-0.15, -0.1) is 0 Å². The van der Waals surface area contributed by atoms with Gasteiger partial charge in [0.25, 0.3) is 0 Å². The first-order valence-corrected chi connectivity index (χ1v) is 27.8. The molecule has 0 amide bonds. The number of carbonyl (C=O) groups is 4. The second-order valence-corrected chi connectivity index (χ2v) is 20.6. The fourth-order valence-corrected chi connectivity index (χ4v) is 10.8. The molecule has 12 rings (SSSR count). The topological polar surface area (TPSA) is 176 Å². The Kier molecular flexibility index (Phi) is 24.0. The van der Waals surface area contributed by atoms with E-state index in [1.807, 2.05) is 72.9 Å². The van der Waals surface area contributed by atoms with E-state index in [2.05, 4.69) is 78.3 Å². The van der Waals surface area contributed by atoms with Gasteiger partial charge in [-0.05, 0) is 85.6 Å². The van der Waals surface area contributed by atoms with Crippen LogP contribution >= 0.6 is 23.2 Å². The number of aromatic nitrogens is 4. The molecule has 1 N–H and O–H groups in total. The predicted octanol–water partition coefficient (Wildman–Crippen LogP) is 6.87. The van der Waals surface area contributed by atoms with Crippen LogP contribution in [0.4, 0.5) is 31.5 Å². The number of piperazine rings is 2. The van der Waals surface area contributed by atoms with E-state index in [1.165, 1.54) is 13.0 Å². The molecule has 4 aromatic heterocycles. The number of anilines is 4. The fourth-order valence-electron chi connectivity index (χ4n) is 10.3. The van der Waals surface area contributed by atoms with Crippen LogP contribution in [0.25, 0.3) is 43.6 Å². The third-order valence-electron chi connectivity index (χ3n) is 14.1. The first-order valence-electron chi connectivity index (χ1n) is 27.0. The molecule has 0 atom stereocenters.